The Balaban J connectivity index is 1.72. The molecule has 4 rings (SSSR count). The Hall–Kier alpha value is -2.71. The van der Waals surface area contributed by atoms with E-state index in [1.807, 2.05) is 4.57 Å². The number of rotatable bonds is 4. The number of nitrogens with one attached hydrogen (secondary N) is 2. The van der Waals surface area contributed by atoms with E-state index >= 15 is 0 Å². The third-order valence-electron chi connectivity index (χ3n) is 4.73. The Morgan fingerprint density at radius 3 is 2.81 bits per heavy atom. The van der Waals surface area contributed by atoms with Gasteiger partial charge < -0.3 is 20.3 Å². The summed E-state index contributed by atoms with van der Waals surface area (Å²) in [5, 5.41) is 15.8. The summed E-state index contributed by atoms with van der Waals surface area (Å²) in [5.41, 5.74) is 1.03. The number of hydrogen-bond donors (Lipinski definition) is 3. The van der Waals surface area contributed by atoms with Crippen molar-refractivity contribution < 1.29 is 14.3 Å². The highest BCUT2D eigenvalue weighted by Crippen LogP contribution is 2.33. The first-order valence-corrected chi connectivity index (χ1v) is 8.94. The van der Waals surface area contributed by atoms with Crippen LogP contribution in [0.2, 0.25) is 5.02 Å². The zero-order valence-corrected chi connectivity index (χ0v) is 15.0. The Morgan fingerprint density at radius 2 is 2.11 bits per heavy atom. The second-order valence-electron chi connectivity index (χ2n) is 6.41. The van der Waals surface area contributed by atoms with E-state index in [-0.39, 0.29) is 27.8 Å². The molecule has 1 saturated heterocycles. The summed E-state index contributed by atoms with van der Waals surface area (Å²) in [7, 11) is 0. The van der Waals surface area contributed by atoms with Crippen molar-refractivity contribution in [3.05, 3.63) is 47.1 Å². The van der Waals surface area contributed by atoms with Crippen LogP contribution in [0.1, 0.15) is 29.2 Å². The smallest absolute Gasteiger partial charge is 0.335 e. The topological polar surface area (TPSA) is 92.1 Å². The quantitative estimate of drug-likeness (QED) is 0.631. The number of hydrogen-bond acceptors (Lipinski definition) is 5. The molecule has 140 valence electrons. The minimum Gasteiger partial charge on any atom is -0.478 e. The van der Waals surface area contributed by atoms with Gasteiger partial charge in [-0.15, -0.1) is 0 Å². The molecule has 0 saturated carbocycles. The number of carboxylic acid groups (broad SMARTS) is 1. The van der Waals surface area contributed by atoms with E-state index in [2.05, 4.69) is 20.6 Å². The summed E-state index contributed by atoms with van der Waals surface area (Å²) in [4.78, 5) is 19.5. The number of anilines is 2. The molecule has 1 fully saturated rings. The van der Waals surface area contributed by atoms with Crippen LogP contribution in [0.3, 0.4) is 0 Å². The van der Waals surface area contributed by atoms with E-state index in [4.69, 9.17) is 16.7 Å². The van der Waals surface area contributed by atoms with E-state index in [1.165, 1.54) is 30.7 Å². The van der Waals surface area contributed by atoms with Crippen molar-refractivity contribution in [2.75, 3.05) is 18.4 Å². The van der Waals surface area contributed by atoms with Gasteiger partial charge in [-0.1, -0.05) is 11.6 Å². The van der Waals surface area contributed by atoms with Crippen LogP contribution in [-0.2, 0) is 0 Å². The molecule has 0 bridgehead atoms. The molecular formula is C18H17ClFN5O2. The molecule has 3 heterocycles. The molecule has 1 aromatic carbocycles. The molecule has 3 N–H and O–H groups in total. The van der Waals surface area contributed by atoms with E-state index in [9.17, 15) is 9.18 Å². The second-order valence-corrected chi connectivity index (χ2v) is 6.82. The van der Waals surface area contributed by atoms with Crippen LogP contribution in [0, 0.1) is 5.82 Å². The summed E-state index contributed by atoms with van der Waals surface area (Å²) < 4.78 is 16.6. The van der Waals surface area contributed by atoms with Gasteiger partial charge in [0.1, 0.15) is 17.8 Å². The van der Waals surface area contributed by atoms with Crippen molar-refractivity contribution in [2.45, 2.75) is 18.9 Å². The van der Waals surface area contributed by atoms with E-state index in [1.54, 1.807) is 0 Å². The maximum Gasteiger partial charge on any atom is 0.335 e. The van der Waals surface area contributed by atoms with Gasteiger partial charge in [0, 0.05) is 12.2 Å². The number of aromatic carboxylic acids is 1. The average molecular weight is 390 g/mol. The molecule has 1 aliphatic heterocycles. The van der Waals surface area contributed by atoms with Crippen molar-refractivity contribution in [3.8, 4) is 0 Å². The summed E-state index contributed by atoms with van der Waals surface area (Å²) in [6.07, 6.45) is 4.65. The van der Waals surface area contributed by atoms with Crippen molar-refractivity contribution in [2.24, 2.45) is 0 Å². The lowest BCUT2D eigenvalue weighted by atomic mass is 10.1. The third-order valence-corrected chi connectivity index (χ3v) is 5.05. The van der Waals surface area contributed by atoms with Gasteiger partial charge >= 0.3 is 5.97 Å². The van der Waals surface area contributed by atoms with Crippen LogP contribution >= 0.6 is 11.6 Å². The van der Waals surface area contributed by atoms with Gasteiger partial charge in [-0.2, -0.15) is 0 Å². The summed E-state index contributed by atoms with van der Waals surface area (Å²) >= 11 is 6.17. The van der Waals surface area contributed by atoms with Crippen molar-refractivity contribution in [3.63, 3.8) is 0 Å². The monoisotopic (exact) mass is 389 g/mol. The van der Waals surface area contributed by atoms with Crippen LogP contribution in [0.15, 0.2) is 30.7 Å². The lowest BCUT2D eigenvalue weighted by Gasteiger charge is -2.24. The summed E-state index contributed by atoms with van der Waals surface area (Å²) in [6, 6.07) is 4.47. The molecule has 0 atom stereocenters. The first-order chi connectivity index (χ1) is 13.0. The number of fused-ring (bicyclic) bond motifs is 1. The second kappa shape index (κ2) is 7.13. The highest BCUT2D eigenvalue weighted by Gasteiger charge is 2.22. The minimum absolute atomic E-state index is 0.0709. The molecule has 0 radical (unpaired) electrons. The molecular weight excluding hydrogens is 373 g/mol. The maximum absolute atomic E-state index is 14.7. The fourth-order valence-electron chi connectivity index (χ4n) is 3.37. The lowest BCUT2D eigenvalue weighted by Crippen LogP contribution is -2.29. The molecule has 7 nitrogen and oxygen atoms in total. The predicted octanol–water partition coefficient (Wildman–Crippen LogP) is 3.59. The van der Waals surface area contributed by atoms with Crippen LogP contribution in [0.25, 0.3) is 11.0 Å². The molecule has 3 aromatic rings. The van der Waals surface area contributed by atoms with Gasteiger partial charge in [-0.3, -0.25) is 0 Å². The molecule has 0 aliphatic carbocycles. The predicted molar refractivity (Wildman–Crippen MR) is 100 cm³/mol. The zero-order valence-electron chi connectivity index (χ0n) is 14.2. The molecule has 9 heteroatoms. The van der Waals surface area contributed by atoms with Crippen molar-refractivity contribution in [1.29, 1.82) is 0 Å². The van der Waals surface area contributed by atoms with E-state index < -0.39 is 11.8 Å². The number of halogens is 2. The van der Waals surface area contributed by atoms with Gasteiger partial charge in [0.2, 0.25) is 0 Å². The first-order valence-electron chi connectivity index (χ1n) is 8.56. The van der Waals surface area contributed by atoms with Crippen molar-refractivity contribution in [1.82, 2.24) is 19.9 Å². The van der Waals surface area contributed by atoms with Gasteiger partial charge in [0.25, 0.3) is 0 Å². The van der Waals surface area contributed by atoms with Gasteiger partial charge in [0.05, 0.1) is 21.7 Å². The molecule has 0 amide bonds. The zero-order chi connectivity index (χ0) is 19.0. The fraction of sp³-hybridized carbons (Fsp3) is 0.278. The van der Waals surface area contributed by atoms with Crippen LogP contribution in [0.4, 0.5) is 15.9 Å². The minimum atomic E-state index is -1.07. The van der Waals surface area contributed by atoms with E-state index in [0.717, 1.165) is 25.9 Å². The molecule has 0 unspecified atom stereocenters. The Labute approximate surface area is 159 Å². The number of carboxylic acids is 1. The van der Waals surface area contributed by atoms with Crippen LogP contribution < -0.4 is 10.6 Å². The summed E-state index contributed by atoms with van der Waals surface area (Å²) in [5.74, 6) is -1.20. The number of benzene rings is 1. The lowest BCUT2D eigenvalue weighted by molar-refractivity contribution is 0.0697. The third kappa shape index (κ3) is 3.33. The molecule has 0 spiro atoms. The summed E-state index contributed by atoms with van der Waals surface area (Å²) in [6.45, 7) is 1.77. The SMILES string of the molecule is O=C(O)c1ccc(Nc2ncnc3c2c(F)cn3C2CCNCC2)c(Cl)c1. The fourth-order valence-corrected chi connectivity index (χ4v) is 3.60. The highest BCUT2D eigenvalue weighted by atomic mass is 35.5. The molecule has 2 aromatic heterocycles. The molecule has 27 heavy (non-hydrogen) atoms. The molecule has 1 aliphatic rings. The Kier molecular flexibility index (Phi) is 4.67. The van der Waals surface area contributed by atoms with Gasteiger partial charge in [0.15, 0.2) is 5.82 Å². The first kappa shape index (κ1) is 17.7. The Bertz CT molecular complexity index is 1020. The normalized spacial score (nSPS) is 15.2. The highest BCUT2D eigenvalue weighted by molar-refractivity contribution is 6.33. The number of nitrogens with zero attached hydrogens (tertiary/aromatic N) is 3. The van der Waals surface area contributed by atoms with E-state index in [0.29, 0.717) is 11.3 Å². The largest absolute Gasteiger partial charge is 0.478 e. The Morgan fingerprint density at radius 1 is 1.33 bits per heavy atom. The maximum atomic E-state index is 14.7. The van der Waals surface area contributed by atoms with Crippen LogP contribution in [-0.4, -0.2) is 38.7 Å². The number of carbonyl (C=O) groups is 1. The standard InChI is InChI=1S/C18H17ClFN5O2/c19-12-7-10(18(26)27)1-2-14(12)24-16-15-13(20)8-25(17(15)23-9-22-16)11-3-5-21-6-4-11/h1-2,7-9,11,21H,3-6H2,(H,26,27)(H,22,23,24). The van der Waals surface area contributed by atoms with Crippen LogP contribution in [0.5, 0.6) is 0 Å². The number of piperidine rings is 1. The van der Waals surface area contributed by atoms with Gasteiger partial charge in [-0.25, -0.2) is 19.2 Å². The number of aromatic nitrogens is 3. The average Bonchev–Trinajstić information content (AvgIpc) is 3.02. The van der Waals surface area contributed by atoms with Crippen molar-refractivity contribution >= 4 is 40.1 Å². The van der Waals surface area contributed by atoms with Gasteiger partial charge in [-0.05, 0) is 44.1 Å².